The lowest BCUT2D eigenvalue weighted by Crippen LogP contribution is -2.21. The molecule has 1 aromatic rings. The lowest BCUT2D eigenvalue weighted by molar-refractivity contribution is 0.0964. The van der Waals surface area contributed by atoms with Gasteiger partial charge in [-0.2, -0.15) is 0 Å². The lowest BCUT2D eigenvalue weighted by atomic mass is 10.2. The number of para-hydroxylation sites is 1. The molecule has 5 nitrogen and oxygen atoms in total. The molecular weight excluding hydrogens is 252 g/mol. The molecule has 16 heavy (non-hydrogen) atoms. The number of hydrogen-bond acceptors (Lipinski definition) is 3. The van der Waals surface area contributed by atoms with Gasteiger partial charge in [-0.25, -0.2) is 8.42 Å². The molecule has 0 saturated heterocycles. The van der Waals surface area contributed by atoms with Gasteiger partial charge in [0, 0.05) is 7.05 Å². The molecule has 0 bridgehead atoms. The molecule has 0 fully saturated rings. The SMILES string of the molecule is CNC(=O)c1ccccc1NS(=O)(=O)CCl. The normalized spacial score (nSPS) is 10.9. The van der Waals surface area contributed by atoms with Gasteiger partial charge >= 0.3 is 0 Å². The van der Waals surface area contributed by atoms with Crippen LogP contribution in [-0.4, -0.2) is 26.6 Å². The van der Waals surface area contributed by atoms with Gasteiger partial charge in [0.2, 0.25) is 10.0 Å². The molecule has 0 saturated carbocycles. The first-order valence-electron chi connectivity index (χ1n) is 4.37. The van der Waals surface area contributed by atoms with Gasteiger partial charge in [0.25, 0.3) is 5.91 Å². The largest absolute Gasteiger partial charge is 0.355 e. The molecule has 7 heteroatoms. The Morgan fingerprint density at radius 1 is 1.38 bits per heavy atom. The van der Waals surface area contributed by atoms with Crippen molar-refractivity contribution in [1.82, 2.24) is 5.32 Å². The number of carbonyl (C=O) groups excluding carboxylic acids is 1. The Bertz CT molecular complexity index is 487. The molecule has 0 radical (unpaired) electrons. The summed E-state index contributed by atoms with van der Waals surface area (Å²) in [6.07, 6.45) is 0. The Morgan fingerprint density at radius 2 is 2.00 bits per heavy atom. The van der Waals surface area contributed by atoms with E-state index in [1.54, 1.807) is 12.1 Å². The number of hydrogen-bond donors (Lipinski definition) is 2. The fourth-order valence-corrected chi connectivity index (χ4v) is 1.83. The van der Waals surface area contributed by atoms with Gasteiger partial charge in [-0.3, -0.25) is 9.52 Å². The Labute approximate surface area is 98.9 Å². The van der Waals surface area contributed by atoms with Crippen molar-refractivity contribution in [2.24, 2.45) is 0 Å². The maximum absolute atomic E-state index is 11.4. The zero-order valence-electron chi connectivity index (χ0n) is 8.53. The van der Waals surface area contributed by atoms with E-state index in [2.05, 4.69) is 10.0 Å². The molecule has 1 aromatic carbocycles. The quantitative estimate of drug-likeness (QED) is 0.795. The third-order valence-electron chi connectivity index (χ3n) is 1.81. The summed E-state index contributed by atoms with van der Waals surface area (Å²) in [7, 11) is -2.13. The smallest absolute Gasteiger partial charge is 0.253 e. The van der Waals surface area contributed by atoms with Crippen LogP contribution in [0.15, 0.2) is 24.3 Å². The number of nitrogens with one attached hydrogen (secondary N) is 2. The number of halogens is 1. The maximum atomic E-state index is 11.4. The average Bonchev–Trinajstić information content (AvgIpc) is 2.28. The van der Waals surface area contributed by atoms with E-state index in [1.165, 1.54) is 19.2 Å². The third kappa shape index (κ3) is 3.11. The molecule has 0 heterocycles. The number of benzene rings is 1. The van der Waals surface area contributed by atoms with Crippen LogP contribution in [0.2, 0.25) is 0 Å². The van der Waals surface area contributed by atoms with Crippen molar-refractivity contribution in [1.29, 1.82) is 0 Å². The van der Waals surface area contributed by atoms with E-state index in [0.717, 1.165) is 0 Å². The first-order valence-corrected chi connectivity index (χ1v) is 6.56. The van der Waals surface area contributed by atoms with Crippen LogP contribution in [0.1, 0.15) is 10.4 Å². The Balaban J connectivity index is 3.10. The highest BCUT2D eigenvalue weighted by Gasteiger charge is 2.14. The zero-order valence-corrected chi connectivity index (χ0v) is 10.1. The highest BCUT2D eigenvalue weighted by molar-refractivity contribution is 7.93. The van der Waals surface area contributed by atoms with Crippen molar-refractivity contribution in [3.05, 3.63) is 29.8 Å². The first-order chi connectivity index (χ1) is 7.50. The number of amides is 1. The second-order valence-corrected chi connectivity index (χ2v) is 5.26. The van der Waals surface area contributed by atoms with Gasteiger partial charge in [-0.1, -0.05) is 12.1 Å². The first kappa shape index (κ1) is 12.8. The molecular formula is C9H11ClN2O3S. The van der Waals surface area contributed by atoms with E-state index in [1.807, 2.05) is 0 Å². The molecule has 0 spiro atoms. The highest BCUT2D eigenvalue weighted by atomic mass is 35.5. The van der Waals surface area contributed by atoms with Gasteiger partial charge < -0.3 is 5.32 Å². The van der Waals surface area contributed by atoms with Crippen molar-refractivity contribution in [2.45, 2.75) is 0 Å². The Morgan fingerprint density at radius 3 is 2.56 bits per heavy atom. The Kier molecular flexibility index (Phi) is 4.14. The summed E-state index contributed by atoms with van der Waals surface area (Å²) in [5, 5.41) is 1.86. The second kappa shape index (κ2) is 5.18. The molecule has 0 aliphatic carbocycles. The predicted octanol–water partition coefficient (Wildman–Crippen LogP) is 0.984. The Hall–Kier alpha value is -1.27. The van der Waals surface area contributed by atoms with E-state index >= 15 is 0 Å². The van der Waals surface area contributed by atoms with Gasteiger partial charge in [-0.15, -0.1) is 11.6 Å². The maximum Gasteiger partial charge on any atom is 0.253 e. The van der Waals surface area contributed by atoms with E-state index < -0.39 is 15.2 Å². The summed E-state index contributed by atoms with van der Waals surface area (Å²) in [5.74, 6) is -0.368. The van der Waals surface area contributed by atoms with Crippen molar-refractivity contribution < 1.29 is 13.2 Å². The zero-order chi connectivity index (χ0) is 12.2. The highest BCUT2D eigenvalue weighted by Crippen LogP contribution is 2.16. The van der Waals surface area contributed by atoms with E-state index in [-0.39, 0.29) is 17.2 Å². The van der Waals surface area contributed by atoms with Crippen LogP contribution in [0.5, 0.6) is 0 Å². The van der Waals surface area contributed by atoms with E-state index in [0.29, 0.717) is 0 Å². The molecule has 0 aromatic heterocycles. The molecule has 0 aliphatic heterocycles. The molecule has 1 rings (SSSR count). The summed E-state index contributed by atoms with van der Waals surface area (Å²) in [5.41, 5.74) is 0.459. The van der Waals surface area contributed by atoms with E-state index in [4.69, 9.17) is 11.6 Å². The monoisotopic (exact) mass is 262 g/mol. The molecule has 1 amide bonds. The van der Waals surface area contributed by atoms with Crippen LogP contribution in [0.25, 0.3) is 0 Å². The minimum Gasteiger partial charge on any atom is -0.355 e. The van der Waals surface area contributed by atoms with Crippen molar-refractivity contribution in [2.75, 3.05) is 17.0 Å². The molecule has 0 unspecified atom stereocenters. The van der Waals surface area contributed by atoms with Crippen LogP contribution in [0.3, 0.4) is 0 Å². The van der Waals surface area contributed by atoms with Crippen molar-refractivity contribution in [3.63, 3.8) is 0 Å². The van der Waals surface area contributed by atoms with Crippen LogP contribution in [-0.2, 0) is 10.0 Å². The van der Waals surface area contributed by atoms with Gasteiger partial charge in [-0.05, 0) is 12.1 Å². The topological polar surface area (TPSA) is 75.3 Å². The van der Waals surface area contributed by atoms with Crippen LogP contribution >= 0.6 is 11.6 Å². The lowest BCUT2D eigenvalue weighted by Gasteiger charge is -2.09. The number of carbonyl (C=O) groups is 1. The molecule has 2 N–H and O–H groups in total. The van der Waals surface area contributed by atoms with Gasteiger partial charge in [0.1, 0.15) is 5.21 Å². The van der Waals surface area contributed by atoms with Gasteiger partial charge in [0.05, 0.1) is 11.3 Å². The molecule has 0 atom stereocenters. The average molecular weight is 263 g/mol. The summed E-state index contributed by atoms with van der Waals surface area (Å²) < 4.78 is 24.7. The molecule has 88 valence electrons. The number of anilines is 1. The fraction of sp³-hybridized carbons (Fsp3) is 0.222. The summed E-state index contributed by atoms with van der Waals surface area (Å²) in [6, 6.07) is 6.28. The van der Waals surface area contributed by atoms with E-state index in [9.17, 15) is 13.2 Å². The summed E-state index contributed by atoms with van der Waals surface area (Å²) in [4.78, 5) is 11.4. The van der Waals surface area contributed by atoms with Crippen LogP contribution < -0.4 is 10.0 Å². The number of rotatable bonds is 4. The second-order valence-electron chi connectivity index (χ2n) is 2.95. The minimum absolute atomic E-state index is 0.211. The number of alkyl halides is 1. The summed E-state index contributed by atoms with van der Waals surface area (Å²) >= 11 is 5.26. The minimum atomic E-state index is -3.60. The molecule has 0 aliphatic rings. The van der Waals surface area contributed by atoms with Gasteiger partial charge in [0.15, 0.2) is 0 Å². The van der Waals surface area contributed by atoms with Crippen LogP contribution in [0.4, 0.5) is 5.69 Å². The predicted molar refractivity (Wildman–Crippen MR) is 63.1 cm³/mol. The standard InChI is InChI=1S/C9H11ClN2O3S/c1-11-9(13)7-4-2-3-5-8(7)12-16(14,15)6-10/h2-5,12H,6H2,1H3,(H,11,13). The fourth-order valence-electron chi connectivity index (χ4n) is 1.10. The number of sulfonamides is 1. The third-order valence-corrected chi connectivity index (χ3v) is 3.49. The van der Waals surface area contributed by atoms with Crippen molar-refractivity contribution in [3.8, 4) is 0 Å². The summed E-state index contributed by atoms with van der Waals surface area (Å²) in [6.45, 7) is 0. The van der Waals surface area contributed by atoms with Crippen molar-refractivity contribution >= 4 is 33.2 Å². The van der Waals surface area contributed by atoms with Crippen LogP contribution in [0, 0.1) is 0 Å².